The number of esters is 2. The molecule has 558 valence electrons. The molecule has 4 amide bonds. The van der Waals surface area contributed by atoms with Crippen molar-refractivity contribution >= 4 is 41.5 Å². The fourth-order valence-corrected chi connectivity index (χ4v) is 7.38. The van der Waals surface area contributed by atoms with Crippen molar-refractivity contribution in [2.24, 2.45) is 17.8 Å². The van der Waals surface area contributed by atoms with E-state index in [1.165, 1.54) is 46.9 Å². The molecule has 0 radical (unpaired) electrons. The Bertz CT molecular complexity index is 2670. The lowest BCUT2D eigenvalue weighted by Crippen LogP contribution is -2.74. The molecule has 0 fully saturated rings. The predicted octanol–water partition coefficient (Wildman–Crippen LogP) is 12.6. The molecule has 5 N–H and O–H groups in total. The Hall–Kier alpha value is -6.09. The van der Waals surface area contributed by atoms with Gasteiger partial charge in [0.1, 0.15) is 24.2 Å². The minimum absolute atomic E-state index is 0.226. The monoisotopic (exact) mass is 1480 g/mol. The van der Waals surface area contributed by atoms with Crippen LogP contribution in [0.2, 0.25) is 0 Å². The van der Waals surface area contributed by atoms with Crippen LogP contribution in [-0.4, -0.2) is 179 Å². The van der Waals surface area contributed by atoms with Crippen LogP contribution >= 0.6 is 0 Å². The standard InChI is InChI=1S/C47H52F34N4O10/c1-18(2)15-22(82-25(86)8-9-26(87)88)28(90)84-24(17-20(5)6)30(92)85-23(16-19(3)4)29(91)83-21(31(93)95-14-12-33(50,51)35(54,55)37(58,59)39(62,63)41(66,67)43(70,71)45(74,75)47(79,80)81)7-10-27(89)94-13-11-32(48,49)34(52,53)36(56,57)38(60,61)40(64,65)42(68,69)44(72,73)46(76,77)78/h18-24H,7-17H2,1-6H3,(H,82,86)(H,83,91)(H,84,90)(H,85,92)(H,87,88)/t21-,22-,23-,24-/m0/s1. The van der Waals surface area contributed by atoms with Gasteiger partial charge < -0.3 is 35.8 Å². The maximum absolute atomic E-state index is 14.8. The third-order valence-corrected chi connectivity index (χ3v) is 12.8. The highest BCUT2D eigenvalue weighted by Crippen LogP contribution is 2.66. The normalized spacial score (nSPS) is 15.9. The Labute approximate surface area is 510 Å². The summed E-state index contributed by atoms with van der Waals surface area (Å²) in [6.45, 7) is 2.70. The molecule has 0 aromatic heterocycles. The number of hydrogen-bond acceptors (Lipinski definition) is 9. The number of nitrogens with one attached hydrogen (secondary N) is 4. The molecular weight excluding hydrogens is 1430 g/mol. The first-order chi connectivity index (χ1) is 41.8. The summed E-state index contributed by atoms with van der Waals surface area (Å²) in [7, 11) is 0. The third kappa shape index (κ3) is 18.4. The van der Waals surface area contributed by atoms with Gasteiger partial charge in [-0.2, -0.15) is 149 Å². The third-order valence-electron chi connectivity index (χ3n) is 12.8. The maximum Gasteiger partial charge on any atom is 0.460 e. The molecule has 0 bridgehead atoms. The van der Waals surface area contributed by atoms with Crippen LogP contribution in [-0.2, 0) is 43.0 Å². The van der Waals surface area contributed by atoms with Gasteiger partial charge in [0.2, 0.25) is 23.6 Å². The number of carboxylic acids is 1. The van der Waals surface area contributed by atoms with Crippen LogP contribution in [0.25, 0.3) is 0 Å². The fraction of sp³-hybridized carbons (Fsp3) is 0.851. The van der Waals surface area contributed by atoms with E-state index in [1.807, 2.05) is 5.32 Å². The zero-order chi connectivity index (χ0) is 76.1. The zero-order valence-corrected chi connectivity index (χ0v) is 48.3. The quantitative estimate of drug-likeness (QED) is 0.0292. The SMILES string of the molecule is CC(C)C[C@H](NC(=O)CCC(=O)O)C(=O)N[C@@H](CC(C)C)C(=O)N[C@@H](CC(C)C)C(=O)N[C@@H](CCC(=O)OCCC(F)(F)C(F)(F)C(F)(F)C(F)(F)C(F)(F)C(F)(F)C(F)(F)C(F)(F)F)C(=O)OCCC(F)(F)C(F)(F)C(F)(F)C(F)(F)C(F)(F)C(F)(F)C(F)(F)C(F)(F)F. The fourth-order valence-electron chi connectivity index (χ4n) is 7.38. The summed E-state index contributed by atoms with van der Waals surface area (Å²) >= 11 is 0. The van der Waals surface area contributed by atoms with Crippen molar-refractivity contribution in [3.8, 4) is 0 Å². The van der Waals surface area contributed by atoms with E-state index in [9.17, 15) is 183 Å². The molecule has 95 heavy (non-hydrogen) atoms. The summed E-state index contributed by atoms with van der Waals surface area (Å²) in [5.74, 6) is -134. The van der Waals surface area contributed by atoms with Gasteiger partial charge in [0, 0.05) is 12.8 Å². The number of hydrogen-bond donors (Lipinski definition) is 5. The van der Waals surface area contributed by atoms with Crippen LogP contribution in [0.5, 0.6) is 0 Å². The summed E-state index contributed by atoms with van der Waals surface area (Å²) in [4.78, 5) is 90.3. The highest BCUT2D eigenvalue weighted by molar-refractivity contribution is 5.95. The van der Waals surface area contributed by atoms with E-state index >= 15 is 0 Å². The number of halogens is 34. The highest BCUT2D eigenvalue weighted by Gasteiger charge is 2.97. The summed E-state index contributed by atoms with van der Waals surface area (Å²) in [5.41, 5.74) is 0. The molecule has 0 saturated carbocycles. The lowest BCUT2D eigenvalue weighted by atomic mass is 9.88. The Morgan fingerprint density at radius 1 is 0.326 bits per heavy atom. The average Bonchev–Trinajstić information content (AvgIpc) is 0.704. The lowest BCUT2D eigenvalue weighted by Gasteiger charge is -2.42. The second kappa shape index (κ2) is 29.9. The molecule has 0 aliphatic rings. The number of carbonyl (C=O) groups excluding carboxylic acids is 6. The minimum Gasteiger partial charge on any atom is -0.481 e. The number of rotatable bonds is 38. The first-order valence-corrected chi connectivity index (χ1v) is 26.0. The molecular formula is C47H52F34N4O10. The lowest BCUT2D eigenvalue weighted by molar-refractivity contribution is -0.461. The Kier molecular flexibility index (Phi) is 28.0. The second-order valence-corrected chi connectivity index (χ2v) is 21.8. The van der Waals surface area contributed by atoms with Crippen molar-refractivity contribution < 1.29 is 197 Å². The minimum atomic E-state index is -9.10. The Morgan fingerprint density at radius 2 is 0.579 bits per heavy atom. The summed E-state index contributed by atoms with van der Waals surface area (Å²) < 4.78 is 477. The number of aliphatic carboxylic acids is 1. The van der Waals surface area contributed by atoms with E-state index in [2.05, 4.69) is 20.1 Å². The van der Waals surface area contributed by atoms with Crippen LogP contribution in [0.4, 0.5) is 149 Å². The largest absolute Gasteiger partial charge is 0.481 e. The van der Waals surface area contributed by atoms with Crippen molar-refractivity contribution in [2.45, 2.75) is 219 Å². The first kappa shape index (κ1) is 88.9. The van der Waals surface area contributed by atoms with Gasteiger partial charge in [-0.3, -0.25) is 28.8 Å². The van der Waals surface area contributed by atoms with Crippen molar-refractivity contribution in [2.75, 3.05) is 13.2 Å². The highest BCUT2D eigenvalue weighted by atomic mass is 19.4. The number of alkyl halides is 34. The molecule has 0 unspecified atom stereocenters. The molecule has 4 atom stereocenters. The van der Waals surface area contributed by atoms with Crippen LogP contribution in [0.3, 0.4) is 0 Å². The van der Waals surface area contributed by atoms with Gasteiger partial charge in [-0.15, -0.1) is 0 Å². The van der Waals surface area contributed by atoms with E-state index in [-0.39, 0.29) is 6.42 Å². The molecule has 0 saturated heterocycles. The van der Waals surface area contributed by atoms with Gasteiger partial charge in [-0.25, -0.2) is 4.79 Å². The molecule has 0 aliphatic heterocycles. The maximum atomic E-state index is 14.8. The molecule has 14 nitrogen and oxygen atoms in total. The molecule has 0 heterocycles. The summed E-state index contributed by atoms with van der Waals surface area (Å²) in [6, 6.07) is -8.64. The number of carbonyl (C=O) groups is 7. The number of amides is 4. The first-order valence-electron chi connectivity index (χ1n) is 26.0. The molecule has 0 aromatic carbocycles. The molecule has 0 rings (SSSR count). The van der Waals surface area contributed by atoms with E-state index in [1.54, 1.807) is 0 Å². The smallest absolute Gasteiger partial charge is 0.460 e. The van der Waals surface area contributed by atoms with E-state index in [0.717, 1.165) is 0 Å². The van der Waals surface area contributed by atoms with Crippen LogP contribution < -0.4 is 21.3 Å². The topological polar surface area (TPSA) is 206 Å². The van der Waals surface area contributed by atoms with Crippen LogP contribution in [0, 0.1) is 17.8 Å². The summed E-state index contributed by atoms with van der Waals surface area (Å²) in [5, 5.41) is 16.8. The van der Waals surface area contributed by atoms with Crippen LogP contribution in [0.15, 0.2) is 0 Å². The van der Waals surface area contributed by atoms with Crippen LogP contribution in [0.1, 0.15) is 99.3 Å². The number of carboxylic acid groups (broad SMARTS) is 1. The molecule has 0 spiro atoms. The van der Waals surface area contributed by atoms with Crippen molar-refractivity contribution in [1.29, 1.82) is 0 Å². The Balaban J connectivity index is 7.49. The van der Waals surface area contributed by atoms with Crippen molar-refractivity contribution in [1.82, 2.24) is 21.3 Å². The van der Waals surface area contributed by atoms with Gasteiger partial charge in [0.05, 0.1) is 32.5 Å². The van der Waals surface area contributed by atoms with Gasteiger partial charge in [-0.05, 0) is 43.4 Å². The van der Waals surface area contributed by atoms with E-state index in [0.29, 0.717) is 0 Å². The molecule has 0 aromatic rings. The van der Waals surface area contributed by atoms with Gasteiger partial charge in [0.25, 0.3) is 0 Å². The molecule has 48 heteroatoms. The van der Waals surface area contributed by atoms with Crippen molar-refractivity contribution in [3.63, 3.8) is 0 Å². The molecule has 0 aliphatic carbocycles. The zero-order valence-electron chi connectivity index (χ0n) is 48.3. The van der Waals surface area contributed by atoms with Gasteiger partial charge >= 0.3 is 113 Å². The average molecular weight is 1480 g/mol. The summed E-state index contributed by atoms with van der Waals surface area (Å²) in [6.07, 6.45) is -29.9. The predicted molar refractivity (Wildman–Crippen MR) is 245 cm³/mol. The van der Waals surface area contributed by atoms with E-state index < -0.39 is 243 Å². The second-order valence-electron chi connectivity index (χ2n) is 21.8. The van der Waals surface area contributed by atoms with Gasteiger partial charge in [0.15, 0.2) is 0 Å². The Morgan fingerprint density at radius 3 is 0.853 bits per heavy atom. The van der Waals surface area contributed by atoms with Crippen molar-refractivity contribution in [3.05, 3.63) is 0 Å². The number of ether oxygens (including phenoxy) is 2. The van der Waals surface area contributed by atoms with Gasteiger partial charge in [-0.1, -0.05) is 41.5 Å². The van der Waals surface area contributed by atoms with E-state index in [4.69, 9.17) is 5.11 Å².